The van der Waals surface area contributed by atoms with E-state index in [2.05, 4.69) is 5.32 Å². The molecule has 1 aliphatic carbocycles. The van der Waals surface area contributed by atoms with E-state index in [1.807, 2.05) is 0 Å². The maximum atomic E-state index is 13.1. The lowest BCUT2D eigenvalue weighted by molar-refractivity contribution is 0.0720. The van der Waals surface area contributed by atoms with Crippen molar-refractivity contribution in [2.24, 2.45) is 0 Å². The molecule has 2 unspecified atom stereocenters. The monoisotopic (exact) mass is 293 g/mol. The molecule has 2 N–H and O–H groups in total. The summed E-state index contributed by atoms with van der Waals surface area (Å²) in [4.78, 5) is 12.8. The van der Waals surface area contributed by atoms with Crippen molar-refractivity contribution in [1.29, 1.82) is 0 Å². The summed E-state index contributed by atoms with van der Waals surface area (Å²) in [5, 5.41) is 13.6. The van der Waals surface area contributed by atoms with Gasteiger partial charge in [0.1, 0.15) is 5.82 Å². The zero-order chi connectivity index (χ0) is 14.1. The van der Waals surface area contributed by atoms with Crippen LogP contribution in [0.2, 0.25) is 0 Å². The summed E-state index contributed by atoms with van der Waals surface area (Å²) in [5.41, 5.74) is 0. The van der Waals surface area contributed by atoms with Crippen molar-refractivity contribution < 1.29 is 14.3 Å². The van der Waals surface area contributed by atoms with Crippen molar-refractivity contribution in [3.8, 4) is 0 Å². The fourth-order valence-electron chi connectivity index (χ4n) is 2.64. The summed E-state index contributed by atoms with van der Waals surface area (Å²) in [6.45, 7) is 0. The summed E-state index contributed by atoms with van der Waals surface area (Å²) in [6, 6.07) is 6.10. The third-order valence-corrected chi connectivity index (χ3v) is 4.85. The number of thiophene rings is 1. The van der Waals surface area contributed by atoms with Crippen LogP contribution in [0.3, 0.4) is 0 Å². The number of halogens is 1. The van der Waals surface area contributed by atoms with E-state index < -0.39 is 6.10 Å². The van der Waals surface area contributed by atoms with Gasteiger partial charge in [0.05, 0.1) is 17.0 Å². The fraction of sp³-hybridized carbons (Fsp3) is 0.400. The van der Waals surface area contributed by atoms with Crippen molar-refractivity contribution in [1.82, 2.24) is 5.32 Å². The highest BCUT2D eigenvalue weighted by atomic mass is 32.1. The molecule has 20 heavy (non-hydrogen) atoms. The molecule has 5 heteroatoms. The Labute approximate surface area is 120 Å². The molecule has 1 heterocycles. The lowest BCUT2D eigenvalue weighted by Gasteiger charge is -2.28. The quantitative estimate of drug-likeness (QED) is 0.894. The Morgan fingerprint density at radius 1 is 1.30 bits per heavy atom. The Bertz CT molecular complexity index is 640. The van der Waals surface area contributed by atoms with Crippen LogP contribution in [0.4, 0.5) is 4.39 Å². The number of carbonyl (C=O) groups is 1. The van der Waals surface area contributed by atoms with E-state index in [-0.39, 0.29) is 17.8 Å². The summed E-state index contributed by atoms with van der Waals surface area (Å²) in [5.74, 6) is -0.480. The van der Waals surface area contributed by atoms with Crippen molar-refractivity contribution in [2.75, 3.05) is 0 Å². The molecule has 1 saturated carbocycles. The van der Waals surface area contributed by atoms with Crippen LogP contribution in [0.25, 0.3) is 10.1 Å². The largest absolute Gasteiger partial charge is 0.391 e. The lowest BCUT2D eigenvalue weighted by atomic mass is 9.92. The number of aliphatic hydroxyl groups excluding tert-OH is 1. The lowest BCUT2D eigenvalue weighted by Crippen LogP contribution is -2.44. The van der Waals surface area contributed by atoms with Crippen molar-refractivity contribution in [3.05, 3.63) is 35.0 Å². The highest BCUT2D eigenvalue weighted by molar-refractivity contribution is 7.20. The maximum Gasteiger partial charge on any atom is 0.261 e. The molecule has 1 amide bonds. The standard InChI is InChI=1S/C15H16FNO2S/c16-10-6-5-9-7-14(20-13(9)8-10)15(19)17-11-3-1-2-4-12(11)18/h5-8,11-12,18H,1-4H2,(H,17,19). The van der Waals surface area contributed by atoms with E-state index >= 15 is 0 Å². The Hall–Kier alpha value is -1.46. The summed E-state index contributed by atoms with van der Waals surface area (Å²) < 4.78 is 13.9. The molecule has 1 aromatic carbocycles. The van der Waals surface area contributed by atoms with E-state index in [0.717, 1.165) is 35.8 Å². The third-order valence-electron chi connectivity index (χ3n) is 3.75. The zero-order valence-corrected chi connectivity index (χ0v) is 11.8. The van der Waals surface area contributed by atoms with Gasteiger partial charge in [-0.25, -0.2) is 4.39 Å². The first kappa shape index (κ1) is 13.5. The van der Waals surface area contributed by atoms with E-state index in [0.29, 0.717) is 4.88 Å². The Morgan fingerprint density at radius 2 is 2.10 bits per heavy atom. The van der Waals surface area contributed by atoms with Crippen LogP contribution in [0.1, 0.15) is 35.4 Å². The van der Waals surface area contributed by atoms with Crippen LogP contribution in [0, 0.1) is 5.82 Å². The van der Waals surface area contributed by atoms with E-state index in [1.165, 1.54) is 23.5 Å². The summed E-state index contributed by atoms with van der Waals surface area (Å²) in [7, 11) is 0. The normalized spacial score (nSPS) is 22.9. The van der Waals surface area contributed by atoms with Crippen molar-refractivity contribution in [2.45, 2.75) is 37.8 Å². The van der Waals surface area contributed by atoms with Crippen LogP contribution in [0.15, 0.2) is 24.3 Å². The van der Waals surface area contributed by atoms with Crippen LogP contribution in [0.5, 0.6) is 0 Å². The van der Waals surface area contributed by atoms with Crippen LogP contribution in [-0.4, -0.2) is 23.2 Å². The second kappa shape index (κ2) is 5.50. The van der Waals surface area contributed by atoms with Gasteiger partial charge in [-0.05, 0) is 36.4 Å². The Morgan fingerprint density at radius 3 is 2.90 bits per heavy atom. The second-order valence-electron chi connectivity index (χ2n) is 5.22. The van der Waals surface area contributed by atoms with Crippen molar-refractivity contribution in [3.63, 3.8) is 0 Å². The average Bonchev–Trinajstić information content (AvgIpc) is 2.84. The molecule has 1 aromatic heterocycles. The smallest absolute Gasteiger partial charge is 0.261 e. The third kappa shape index (κ3) is 2.69. The molecular formula is C15H16FNO2S. The highest BCUT2D eigenvalue weighted by Crippen LogP contribution is 2.27. The van der Waals surface area contributed by atoms with Gasteiger partial charge in [-0.2, -0.15) is 0 Å². The summed E-state index contributed by atoms with van der Waals surface area (Å²) >= 11 is 1.28. The number of hydrogen-bond acceptors (Lipinski definition) is 3. The molecule has 1 fully saturated rings. The molecule has 0 spiro atoms. The summed E-state index contributed by atoms with van der Waals surface area (Å²) in [6.07, 6.45) is 3.13. The van der Waals surface area contributed by atoms with Gasteiger partial charge >= 0.3 is 0 Å². The van der Waals surface area contributed by atoms with Gasteiger partial charge in [-0.15, -0.1) is 11.3 Å². The van der Waals surface area contributed by atoms with Crippen molar-refractivity contribution >= 4 is 27.3 Å². The van der Waals surface area contributed by atoms with Crippen LogP contribution in [-0.2, 0) is 0 Å². The van der Waals surface area contributed by atoms with Gasteiger partial charge in [-0.1, -0.05) is 18.9 Å². The fourth-order valence-corrected chi connectivity index (χ4v) is 3.63. The maximum absolute atomic E-state index is 13.1. The van der Waals surface area contributed by atoms with Crippen LogP contribution < -0.4 is 5.32 Å². The molecule has 2 aromatic rings. The van der Waals surface area contributed by atoms with E-state index in [1.54, 1.807) is 12.1 Å². The average molecular weight is 293 g/mol. The zero-order valence-electron chi connectivity index (χ0n) is 10.9. The first-order chi connectivity index (χ1) is 9.63. The molecule has 3 rings (SSSR count). The molecule has 106 valence electrons. The number of benzene rings is 1. The second-order valence-corrected chi connectivity index (χ2v) is 6.31. The Kier molecular flexibility index (Phi) is 3.72. The molecule has 0 saturated heterocycles. The predicted octanol–water partition coefficient (Wildman–Crippen LogP) is 3.07. The molecule has 0 radical (unpaired) electrons. The number of amides is 1. The molecule has 2 atom stereocenters. The van der Waals surface area contributed by atoms with Gasteiger partial charge in [0.2, 0.25) is 0 Å². The minimum atomic E-state index is -0.459. The topological polar surface area (TPSA) is 49.3 Å². The number of fused-ring (bicyclic) bond motifs is 1. The molecule has 0 aliphatic heterocycles. The highest BCUT2D eigenvalue weighted by Gasteiger charge is 2.25. The number of hydrogen-bond donors (Lipinski definition) is 2. The number of nitrogens with one attached hydrogen (secondary N) is 1. The first-order valence-electron chi connectivity index (χ1n) is 6.81. The molecule has 1 aliphatic rings. The molecule has 3 nitrogen and oxygen atoms in total. The molecule has 0 bridgehead atoms. The van der Waals surface area contributed by atoms with Gasteiger partial charge in [-0.3, -0.25) is 4.79 Å². The first-order valence-corrected chi connectivity index (χ1v) is 7.63. The van der Waals surface area contributed by atoms with Crippen LogP contribution >= 0.6 is 11.3 Å². The van der Waals surface area contributed by atoms with Gasteiger partial charge in [0.15, 0.2) is 0 Å². The van der Waals surface area contributed by atoms with E-state index in [9.17, 15) is 14.3 Å². The number of rotatable bonds is 2. The number of carbonyl (C=O) groups excluding carboxylic acids is 1. The van der Waals surface area contributed by atoms with Gasteiger partial charge in [0.25, 0.3) is 5.91 Å². The molecular weight excluding hydrogens is 277 g/mol. The van der Waals surface area contributed by atoms with Gasteiger partial charge < -0.3 is 10.4 Å². The minimum Gasteiger partial charge on any atom is -0.391 e. The minimum absolute atomic E-state index is 0.168. The Balaban J connectivity index is 1.78. The van der Waals surface area contributed by atoms with Gasteiger partial charge in [0, 0.05) is 4.70 Å². The SMILES string of the molecule is O=C(NC1CCCCC1O)c1cc2ccc(F)cc2s1. The van der Waals surface area contributed by atoms with E-state index in [4.69, 9.17) is 0 Å². The predicted molar refractivity (Wildman–Crippen MR) is 77.5 cm³/mol. The number of aliphatic hydroxyl groups is 1.